The molecule has 1 aliphatic rings. The normalized spacial score (nSPS) is 14.4. The molecule has 1 aliphatic heterocycles. The first-order chi connectivity index (χ1) is 16.5. The smallest absolute Gasteiger partial charge is 0.253 e. The maximum atomic E-state index is 12.8. The largest absolute Gasteiger partial charge is 0.351 e. The lowest BCUT2D eigenvalue weighted by atomic mass is 10.0. The summed E-state index contributed by atoms with van der Waals surface area (Å²) in [5.41, 5.74) is 5.75. The predicted octanol–water partition coefficient (Wildman–Crippen LogP) is 5.68. The number of amides is 1. The van der Waals surface area contributed by atoms with Crippen LogP contribution < -0.4 is 5.32 Å². The molecule has 7 heteroatoms. The number of hydrogen-bond acceptors (Lipinski definition) is 5. The first kappa shape index (κ1) is 22.3. The van der Waals surface area contributed by atoms with Gasteiger partial charge in [-0.15, -0.1) is 0 Å². The molecule has 0 saturated carbocycles. The molecule has 1 amide bonds. The number of likely N-dealkylation sites (tertiary alicyclic amines) is 1. The average Bonchev–Trinajstić information content (AvgIpc) is 2.85. The van der Waals surface area contributed by atoms with Crippen molar-refractivity contribution in [1.29, 1.82) is 0 Å². The van der Waals surface area contributed by atoms with Crippen molar-refractivity contribution in [3.8, 4) is 11.1 Å². The van der Waals surface area contributed by atoms with E-state index in [9.17, 15) is 4.79 Å². The molecular weight excluding hydrogens is 446 g/mol. The zero-order valence-corrected chi connectivity index (χ0v) is 20.0. The van der Waals surface area contributed by atoms with Crippen LogP contribution >= 0.6 is 11.6 Å². The molecule has 2 aromatic carbocycles. The van der Waals surface area contributed by atoms with Crippen LogP contribution in [0.1, 0.15) is 34.6 Å². The minimum absolute atomic E-state index is 0.0487. The van der Waals surface area contributed by atoms with Crippen LogP contribution in [0.2, 0.25) is 5.02 Å². The number of benzene rings is 2. The number of anilines is 1. The molecule has 34 heavy (non-hydrogen) atoms. The highest BCUT2D eigenvalue weighted by Crippen LogP contribution is 2.27. The number of carbonyl (C=O) groups is 1. The summed E-state index contributed by atoms with van der Waals surface area (Å²) in [5, 5.41) is 5.16. The van der Waals surface area contributed by atoms with Crippen molar-refractivity contribution in [2.45, 2.75) is 32.7 Å². The first-order valence-corrected chi connectivity index (χ1v) is 11.9. The third-order valence-electron chi connectivity index (χ3n) is 6.41. The summed E-state index contributed by atoms with van der Waals surface area (Å²) in [7, 11) is 0. The highest BCUT2D eigenvalue weighted by atomic mass is 35.5. The molecule has 2 aromatic heterocycles. The van der Waals surface area contributed by atoms with Crippen LogP contribution in [0.15, 0.2) is 60.8 Å². The van der Waals surface area contributed by atoms with E-state index >= 15 is 0 Å². The van der Waals surface area contributed by atoms with E-state index in [2.05, 4.69) is 28.5 Å². The fraction of sp³-hybridized carbons (Fsp3) is 0.259. The summed E-state index contributed by atoms with van der Waals surface area (Å²) >= 11 is 5.94. The summed E-state index contributed by atoms with van der Waals surface area (Å²) in [6.07, 6.45) is 3.50. The summed E-state index contributed by atoms with van der Waals surface area (Å²) in [4.78, 5) is 28.6. The number of carbonyl (C=O) groups excluding carboxylic acids is 1. The van der Waals surface area contributed by atoms with E-state index in [0.29, 0.717) is 29.6 Å². The highest BCUT2D eigenvalue weighted by molar-refractivity contribution is 6.30. The molecule has 0 spiro atoms. The SMILES string of the molecule is Cc1ncccc1-c1ccc2nc(NC3CCN(C(=O)c4ccc(Cl)cc4)CC3)nc(C)c2c1. The maximum Gasteiger partial charge on any atom is 0.253 e. The van der Waals surface area contributed by atoms with E-state index in [1.807, 2.05) is 37.1 Å². The van der Waals surface area contributed by atoms with Crippen molar-refractivity contribution < 1.29 is 4.79 Å². The van der Waals surface area contributed by atoms with E-state index in [0.717, 1.165) is 46.3 Å². The van der Waals surface area contributed by atoms with Gasteiger partial charge in [0, 0.05) is 52.6 Å². The molecule has 5 rings (SSSR count). The Morgan fingerprint density at radius 2 is 1.76 bits per heavy atom. The second kappa shape index (κ2) is 9.39. The summed E-state index contributed by atoms with van der Waals surface area (Å²) in [6, 6.07) is 17.6. The molecule has 1 saturated heterocycles. The fourth-order valence-corrected chi connectivity index (χ4v) is 4.61. The van der Waals surface area contributed by atoms with Crippen LogP contribution in [0, 0.1) is 13.8 Å². The first-order valence-electron chi connectivity index (χ1n) is 11.5. The molecule has 6 nitrogen and oxygen atoms in total. The van der Waals surface area contributed by atoms with Crippen LogP contribution in [0.5, 0.6) is 0 Å². The number of pyridine rings is 1. The average molecular weight is 472 g/mol. The number of nitrogens with zero attached hydrogens (tertiary/aromatic N) is 4. The van der Waals surface area contributed by atoms with E-state index in [1.54, 1.807) is 24.3 Å². The van der Waals surface area contributed by atoms with Crippen LogP contribution in [0.3, 0.4) is 0 Å². The number of piperidine rings is 1. The quantitative estimate of drug-likeness (QED) is 0.414. The van der Waals surface area contributed by atoms with Crippen molar-refractivity contribution >= 4 is 34.4 Å². The maximum absolute atomic E-state index is 12.8. The molecule has 0 atom stereocenters. The molecule has 0 radical (unpaired) electrons. The number of hydrogen-bond donors (Lipinski definition) is 1. The Morgan fingerprint density at radius 1 is 1.00 bits per heavy atom. The van der Waals surface area contributed by atoms with Crippen molar-refractivity contribution in [2.75, 3.05) is 18.4 Å². The number of halogens is 1. The minimum Gasteiger partial charge on any atom is -0.351 e. The van der Waals surface area contributed by atoms with E-state index in [4.69, 9.17) is 21.6 Å². The number of rotatable bonds is 4. The van der Waals surface area contributed by atoms with Gasteiger partial charge in [-0.05, 0) is 74.7 Å². The van der Waals surface area contributed by atoms with Gasteiger partial charge in [-0.25, -0.2) is 9.97 Å². The zero-order valence-electron chi connectivity index (χ0n) is 19.3. The summed E-state index contributed by atoms with van der Waals surface area (Å²) in [5.74, 6) is 0.686. The lowest BCUT2D eigenvalue weighted by Crippen LogP contribution is -2.42. The third-order valence-corrected chi connectivity index (χ3v) is 6.66. The summed E-state index contributed by atoms with van der Waals surface area (Å²) in [6.45, 7) is 5.42. The lowest BCUT2D eigenvalue weighted by molar-refractivity contribution is 0.0718. The molecule has 1 N–H and O–H groups in total. The van der Waals surface area contributed by atoms with Gasteiger partial charge in [0.1, 0.15) is 0 Å². The number of aromatic nitrogens is 3. The topological polar surface area (TPSA) is 71.0 Å². The Kier molecular flexibility index (Phi) is 6.16. The molecule has 172 valence electrons. The second-order valence-electron chi connectivity index (χ2n) is 8.72. The fourth-order valence-electron chi connectivity index (χ4n) is 4.49. The van der Waals surface area contributed by atoms with Gasteiger partial charge in [-0.3, -0.25) is 9.78 Å². The Balaban J connectivity index is 1.27. The predicted molar refractivity (Wildman–Crippen MR) is 136 cm³/mol. The van der Waals surface area contributed by atoms with Crippen LogP contribution in [-0.4, -0.2) is 44.9 Å². The standard InChI is InChI=1S/C27H26ClN5O/c1-17-23(4-3-13-29-17)20-7-10-25-24(16-20)18(2)30-27(32-25)31-22-11-14-33(15-12-22)26(34)19-5-8-21(28)9-6-19/h3-10,13,16,22H,11-12,14-15H2,1-2H3,(H,30,31,32). The molecule has 0 bridgehead atoms. The van der Waals surface area contributed by atoms with Gasteiger partial charge in [0.2, 0.25) is 5.95 Å². The molecule has 0 unspecified atom stereocenters. The van der Waals surface area contributed by atoms with Gasteiger partial charge in [0.25, 0.3) is 5.91 Å². The van der Waals surface area contributed by atoms with Crippen molar-refractivity contribution in [1.82, 2.24) is 19.9 Å². The van der Waals surface area contributed by atoms with Gasteiger partial charge in [0.05, 0.1) is 11.2 Å². The number of aryl methyl sites for hydroxylation is 2. The van der Waals surface area contributed by atoms with Crippen LogP contribution in [0.4, 0.5) is 5.95 Å². The number of fused-ring (bicyclic) bond motifs is 1. The molecule has 0 aliphatic carbocycles. The van der Waals surface area contributed by atoms with Gasteiger partial charge in [-0.2, -0.15) is 0 Å². The monoisotopic (exact) mass is 471 g/mol. The van der Waals surface area contributed by atoms with Crippen LogP contribution in [0.25, 0.3) is 22.0 Å². The van der Waals surface area contributed by atoms with Crippen molar-refractivity contribution in [3.63, 3.8) is 0 Å². The Bertz CT molecular complexity index is 1350. The van der Waals surface area contributed by atoms with Gasteiger partial charge < -0.3 is 10.2 Å². The van der Waals surface area contributed by atoms with Gasteiger partial charge in [0.15, 0.2) is 0 Å². The van der Waals surface area contributed by atoms with Crippen molar-refractivity contribution in [2.24, 2.45) is 0 Å². The second-order valence-corrected chi connectivity index (χ2v) is 9.16. The Hall–Kier alpha value is -3.51. The van der Waals surface area contributed by atoms with Crippen LogP contribution in [-0.2, 0) is 0 Å². The molecule has 4 aromatic rings. The lowest BCUT2D eigenvalue weighted by Gasteiger charge is -2.32. The van der Waals surface area contributed by atoms with Gasteiger partial charge in [-0.1, -0.05) is 23.7 Å². The number of nitrogens with one attached hydrogen (secondary N) is 1. The Labute approximate surface area is 204 Å². The summed E-state index contributed by atoms with van der Waals surface area (Å²) < 4.78 is 0. The third kappa shape index (κ3) is 4.59. The molecular formula is C27H26ClN5O. The zero-order chi connectivity index (χ0) is 23.7. The van der Waals surface area contributed by atoms with Crippen molar-refractivity contribution in [3.05, 3.63) is 82.8 Å². The molecule has 1 fully saturated rings. The molecule has 3 heterocycles. The van der Waals surface area contributed by atoms with E-state index in [1.165, 1.54) is 0 Å². The Morgan fingerprint density at radius 3 is 2.50 bits per heavy atom. The van der Waals surface area contributed by atoms with Gasteiger partial charge >= 0.3 is 0 Å². The highest BCUT2D eigenvalue weighted by Gasteiger charge is 2.24. The minimum atomic E-state index is 0.0487. The van der Waals surface area contributed by atoms with E-state index < -0.39 is 0 Å². The van der Waals surface area contributed by atoms with E-state index in [-0.39, 0.29) is 11.9 Å².